The van der Waals surface area contributed by atoms with Gasteiger partial charge in [0.05, 0.1) is 11.6 Å². The van der Waals surface area contributed by atoms with E-state index in [0.29, 0.717) is 22.4 Å². The van der Waals surface area contributed by atoms with E-state index in [4.69, 9.17) is 16.9 Å². The Labute approximate surface area is 120 Å². The second-order valence-electron chi connectivity index (χ2n) is 4.00. The van der Waals surface area contributed by atoms with Crippen LogP contribution >= 0.6 is 11.6 Å². The molecule has 0 aliphatic carbocycles. The van der Waals surface area contributed by atoms with Gasteiger partial charge in [0.25, 0.3) is 11.1 Å². The van der Waals surface area contributed by atoms with Gasteiger partial charge in [0.15, 0.2) is 0 Å². The molecular weight excluding hydrogens is 276 g/mol. The van der Waals surface area contributed by atoms with Crippen LogP contribution < -0.4 is 5.32 Å². The first-order valence-corrected chi connectivity index (χ1v) is 6.09. The fourth-order valence-electron chi connectivity index (χ4n) is 1.65. The van der Waals surface area contributed by atoms with E-state index >= 15 is 0 Å². The lowest BCUT2D eigenvalue weighted by molar-refractivity contribution is 0.102. The van der Waals surface area contributed by atoms with Crippen LogP contribution in [0, 0.1) is 11.3 Å². The lowest BCUT2D eigenvalue weighted by Gasteiger charge is -2.06. The van der Waals surface area contributed by atoms with Crippen LogP contribution in [0.15, 0.2) is 48.5 Å². The summed E-state index contributed by atoms with van der Waals surface area (Å²) in [6, 6.07) is 14.6. The van der Waals surface area contributed by atoms with Crippen LogP contribution in [-0.2, 0) is 0 Å². The van der Waals surface area contributed by atoms with Gasteiger partial charge in [0.2, 0.25) is 0 Å². The average Bonchev–Trinajstić information content (AvgIpc) is 2.47. The van der Waals surface area contributed by atoms with Gasteiger partial charge in [-0.3, -0.25) is 9.59 Å². The number of carbonyl (C=O) groups is 2. The molecule has 0 aliphatic rings. The largest absolute Gasteiger partial charge is 0.322 e. The normalized spacial score (nSPS) is 9.60. The third-order valence-electron chi connectivity index (χ3n) is 2.60. The number of hydrogen-bond donors (Lipinski definition) is 1. The van der Waals surface area contributed by atoms with Crippen molar-refractivity contribution in [1.82, 2.24) is 0 Å². The van der Waals surface area contributed by atoms with Crippen molar-refractivity contribution in [1.29, 1.82) is 5.26 Å². The number of nitrogens with zero attached hydrogens (tertiary/aromatic N) is 1. The second kappa shape index (κ2) is 6.00. The molecule has 0 saturated heterocycles. The van der Waals surface area contributed by atoms with E-state index in [2.05, 4.69) is 5.32 Å². The first-order valence-electron chi connectivity index (χ1n) is 5.71. The van der Waals surface area contributed by atoms with Gasteiger partial charge in [0, 0.05) is 16.8 Å². The van der Waals surface area contributed by atoms with Gasteiger partial charge in [-0.15, -0.1) is 0 Å². The van der Waals surface area contributed by atoms with Crippen molar-refractivity contribution in [2.75, 3.05) is 5.32 Å². The summed E-state index contributed by atoms with van der Waals surface area (Å²) in [5.41, 5.74) is 1.54. The molecule has 2 rings (SSSR count). The number of nitriles is 1. The van der Waals surface area contributed by atoms with E-state index in [1.165, 1.54) is 12.1 Å². The van der Waals surface area contributed by atoms with Crippen LogP contribution in [0.1, 0.15) is 26.3 Å². The molecule has 0 fully saturated rings. The van der Waals surface area contributed by atoms with Crippen molar-refractivity contribution in [2.45, 2.75) is 0 Å². The van der Waals surface area contributed by atoms with Gasteiger partial charge in [-0.1, -0.05) is 12.1 Å². The number of amides is 1. The average molecular weight is 285 g/mol. The highest BCUT2D eigenvalue weighted by atomic mass is 35.5. The zero-order valence-corrected chi connectivity index (χ0v) is 11.0. The van der Waals surface area contributed by atoms with Crippen LogP contribution in [0.4, 0.5) is 5.69 Å². The van der Waals surface area contributed by atoms with Crippen molar-refractivity contribution in [3.63, 3.8) is 0 Å². The number of carbonyl (C=O) groups excluding carboxylic acids is 2. The Kier molecular flexibility index (Phi) is 4.14. The molecule has 0 bridgehead atoms. The SMILES string of the molecule is N#Cc1cccc(C(=O)Nc2cccc(C(=O)Cl)c2)c1. The molecule has 0 saturated carbocycles. The topological polar surface area (TPSA) is 70.0 Å². The number of halogens is 1. The molecule has 0 radical (unpaired) electrons. The second-order valence-corrected chi connectivity index (χ2v) is 4.34. The highest BCUT2D eigenvalue weighted by Crippen LogP contribution is 2.14. The third kappa shape index (κ3) is 3.22. The maximum atomic E-state index is 12.0. The molecule has 1 N–H and O–H groups in total. The fraction of sp³-hybridized carbons (Fsp3) is 0. The molecule has 0 aliphatic heterocycles. The summed E-state index contributed by atoms with van der Waals surface area (Å²) in [4.78, 5) is 23.1. The summed E-state index contributed by atoms with van der Waals surface area (Å²) < 4.78 is 0. The quantitative estimate of drug-likeness (QED) is 0.880. The van der Waals surface area contributed by atoms with Gasteiger partial charge in [0.1, 0.15) is 0 Å². The smallest absolute Gasteiger partial charge is 0.255 e. The molecule has 1 amide bonds. The van der Waals surface area contributed by atoms with Gasteiger partial charge >= 0.3 is 0 Å². The maximum absolute atomic E-state index is 12.0. The first-order chi connectivity index (χ1) is 9.60. The van der Waals surface area contributed by atoms with E-state index in [1.807, 2.05) is 6.07 Å². The minimum absolute atomic E-state index is 0.301. The zero-order valence-electron chi connectivity index (χ0n) is 10.3. The molecule has 20 heavy (non-hydrogen) atoms. The number of nitrogens with one attached hydrogen (secondary N) is 1. The minimum atomic E-state index is -0.590. The number of hydrogen-bond acceptors (Lipinski definition) is 3. The van der Waals surface area contributed by atoms with Crippen LogP contribution in [0.25, 0.3) is 0 Å². The number of anilines is 1. The Balaban J connectivity index is 2.21. The Bertz CT molecular complexity index is 720. The van der Waals surface area contributed by atoms with E-state index in [0.717, 1.165) is 0 Å². The molecule has 0 heterocycles. The molecule has 2 aromatic carbocycles. The summed E-state index contributed by atoms with van der Waals surface area (Å²) in [6.07, 6.45) is 0. The van der Waals surface area contributed by atoms with Crippen molar-refractivity contribution < 1.29 is 9.59 Å². The predicted molar refractivity (Wildman–Crippen MR) is 75.7 cm³/mol. The monoisotopic (exact) mass is 284 g/mol. The molecule has 0 spiro atoms. The Hall–Kier alpha value is -2.64. The molecular formula is C15H9ClN2O2. The lowest BCUT2D eigenvalue weighted by Crippen LogP contribution is -2.12. The van der Waals surface area contributed by atoms with Crippen LogP contribution in [0.2, 0.25) is 0 Å². The minimum Gasteiger partial charge on any atom is -0.322 e. The van der Waals surface area contributed by atoms with Crippen molar-refractivity contribution in [2.24, 2.45) is 0 Å². The summed E-state index contributed by atoms with van der Waals surface area (Å²) >= 11 is 5.38. The first kappa shape index (κ1) is 13.8. The summed E-state index contributed by atoms with van der Waals surface area (Å²) in [5.74, 6) is -0.360. The predicted octanol–water partition coefficient (Wildman–Crippen LogP) is 3.19. The van der Waals surface area contributed by atoms with Gasteiger partial charge < -0.3 is 5.32 Å². The molecule has 2 aromatic rings. The van der Waals surface area contributed by atoms with Crippen LogP contribution in [0.3, 0.4) is 0 Å². The highest BCUT2D eigenvalue weighted by Gasteiger charge is 2.08. The molecule has 5 heteroatoms. The van der Waals surface area contributed by atoms with Crippen molar-refractivity contribution in [3.8, 4) is 6.07 Å². The van der Waals surface area contributed by atoms with E-state index in [1.54, 1.807) is 36.4 Å². The summed E-state index contributed by atoms with van der Waals surface area (Å²) in [7, 11) is 0. The molecule has 4 nitrogen and oxygen atoms in total. The van der Waals surface area contributed by atoms with Crippen molar-refractivity contribution in [3.05, 3.63) is 65.2 Å². The van der Waals surface area contributed by atoms with E-state index in [-0.39, 0.29) is 5.91 Å². The summed E-state index contributed by atoms with van der Waals surface area (Å²) in [5, 5.41) is 10.9. The Morgan fingerprint density at radius 1 is 1.05 bits per heavy atom. The maximum Gasteiger partial charge on any atom is 0.255 e. The fourth-order valence-corrected chi connectivity index (χ4v) is 1.77. The summed E-state index contributed by atoms with van der Waals surface area (Å²) in [6.45, 7) is 0. The van der Waals surface area contributed by atoms with E-state index in [9.17, 15) is 9.59 Å². The van der Waals surface area contributed by atoms with Gasteiger partial charge in [-0.2, -0.15) is 5.26 Å². The number of benzene rings is 2. The lowest BCUT2D eigenvalue weighted by atomic mass is 10.1. The van der Waals surface area contributed by atoms with Crippen molar-refractivity contribution >= 4 is 28.4 Å². The highest BCUT2D eigenvalue weighted by molar-refractivity contribution is 6.67. The Morgan fingerprint density at radius 2 is 1.75 bits per heavy atom. The van der Waals surface area contributed by atoms with Gasteiger partial charge in [-0.25, -0.2) is 0 Å². The molecule has 0 unspecified atom stereocenters. The van der Waals surface area contributed by atoms with Gasteiger partial charge in [-0.05, 0) is 48.0 Å². The molecule has 98 valence electrons. The zero-order chi connectivity index (χ0) is 14.5. The van der Waals surface area contributed by atoms with Crippen LogP contribution in [0.5, 0.6) is 0 Å². The number of rotatable bonds is 3. The molecule has 0 aromatic heterocycles. The standard InChI is InChI=1S/C15H9ClN2O2/c16-14(19)11-4-2-6-13(8-11)18-15(20)12-5-1-3-10(7-12)9-17/h1-8H,(H,18,20). The Morgan fingerprint density at radius 3 is 2.45 bits per heavy atom. The van der Waals surface area contributed by atoms with E-state index < -0.39 is 5.24 Å². The van der Waals surface area contributed by atoms with Crippen LogP contribution in [-0.4, -0.2) is 11.1 Å². The third-order valence-corrected chi connectivity index (χ3v) is 2.82. The molecule has 0 atom stereocenters.